The molecule has 18 heavy (non-hydrogen) atoms. The summed E-state index contributed by atoms with van der Waals surface area (Å²) in [5.41, 5.74) is 0.490. The Hall–Kier alpha value is -0.120. The quantitative estimate of drug-likeness (QED) is 0.739. The lowest BCUT2D eigenvalue weighted by atomic mass is 9.88. The van der Waals surface area contributed by atoms with Crippen LogP contribution >= 0.6 is 0 Å². The zero-order valence-corrected chi connectivity index (χ0v) is 13.2. The van der Waals surface area contributed by atoms with E-state index in [-0.39, 0.29) is 11.1 Å². The Bertz CT molecular complexity index is 253. The second-order valence-electron chi connectivity index (χ2n) is 6.98. The molecule has 0 saturated carbocycles. The van der Waals surface area contributed by atoms with E-state index in [1.165, 1.54) is 6.42 Å². The van der Waals surface area contributed by atoms with Crippen molar-refractivity contribution in [3.8, 4) is 0 Å². The van der Waals surface area contributed by atoms with Gasteiger partial charge in [0.05, 0.1) is 6.61 Å². The molecule has 1 unspecified atom stereocenters. The van der Waals surface area contributed by atoms with Crippen LogP contribution in [0, 0.1) is 5.92 Å². The van der Waals surface area contributed by atoms with Crippen molar-refractivity contribution in [2.75, 3.05) is 32.8 Å². The fourth-order valence-electron chi connectivity index (χ4n) is 2.46. The molecule has 0 aromatic rings. The van der Waals surface area contributed by atoms with Gasteiger partial charge in [-0.3, -0.25) is 4.90 Å². The van der Waals surface area contributed by atoms with Crippen LogP contribution in [0.3, 0.4) is 0 Å². The highest BCUT2D eigenvalue weighted by Crippen LogP contribution is 2.26. The lowest BCUT2D eigenvalue weighted by molar-refractivity contribution is -0.00374. The van der Waals surface area contributed by atoms with Crippen molar-refractivity contribution in [2.24, 2.45) is 5.92 Å². The van der Waals surface area contributed by atoms with Gasteiger partial charge in [0.2, 0.25) is 0 Å². The van der Waals surface area contributed by atoms with Gasteiger partial charge in [-0.1, -0.05) is 20.8 Å². The number of hydrogen-bond acceptors (Lipinski definition) is 3. The van der Waals surface area contributed by atoms with E-state index in [9.17, 15) is 0 Å². The summed E-state index contributed by atoms with van der Waals surface area (Å²) in [6, 6.07) is 0. The Morgan fingerprint density at radius 2 is 1.94 bits per heavy atom. The molecule has 0 aliphatic carbocycles. The average Bonchev–Trinajstić information content (AvgIpc) is 2.29. The third-order valence-corrected chi connectivity index (χ3v) is 4.02. The van der Waals surface area contributed by atoms with E-state index in [1.807, 2.05) is 0 Å². The second-order valence-corrected chi connectivity index (χ2v) is 6.98. The minimum atomic E-state index is 0.215. The largest absolute Gasteiger partial charge is 0.380 e. The molecule has 1 fully saturated rings. The fourth-order valence-corrected chi connectivity index (χ4v) is 2.46. The van der Waals surface area contributed by atoms with Gasteiger partial charge in [0.15, 0.2) is 0 Å². The molecule has 108 valence electrons. The lowest BCUT2D eigenvalue weighted by Crippen LogP contribution is -2.67. The van der Waals surface area contributed by atoms with E-state index < -0.39 is 0 Å². The summed E-state index contributed by atoms with van der Waals surface area (Å²) >= 11 is 0. The van der Waals surface area contributed by atoms with Crippen molar-refractivity contribution in [3.63, 3.8) is 0 Å². The van der Waals surface area contributed by atoms with Crippen molar-refractivity contribution in [2.45, 2.75) is 59.0 Å². The molecule has 0 spiro atoms. The smallest absolute Gasteiger partial charge is 0.0593 e. The van der Waals surface area contributed by atoms with E-state index in [2.05, 4.69) is 51.8 Å². The molecule has 0 aromatic carbocycles. The van der Waals surface area contributed by atoms with Crippen LogP contribution in [-0.4, -0.2) is 48.8 Å². The molecular weight excluding hydrogens is 224 g/mol. The van der Waals surface area contributed by atoms with Crippen molar-refractivity contribution in [3.05, 3.63) is 0 Å². The van der Waals surface area contributed by atoms with Gasteiger partial charge in [-0.05, 0) is 33.1 Å². The number of rotatable bonds is 6. The van der Waals surface area contributed by atoms with Crippen molar-refractivity contribution < 1.29 is 4.74 Å². The molecule has 1 aliphatic heterocycles. The van der Waals surface area contributed by atoms with Gasteiger partial charge in [0.25, 0.3) is 0 Å². The summed E-state index contributed by atoms with van der Waals surface area (Å²) in [5.74, 6) is 0.627. The third-order valence-electron chi connectivity index (χ3n) is 4.02. The number of ether oxygens (including phenoxy) is 1. The molecule has 1 aliphatic rings. The third kappa shape index (κ3) is 4.52. The highest BCUT2D eigenvalue weighted by Gasteiger charge is 2.39. The van der Waals surface area contributed by atoms with Gasteiger partial charge < -0.3 is 10.1 Å². The van der Waals surface area contributed by atoms with Crippen LogP contribution < -0.4 is 5.32 Å². The first kappa shape index (κ1) is 15.9. The van der Waals surface area contributed by atoms with Crippen molar-refractivity contribution in [1.29, 1.82) is 0 Å². The average molecular weight is 256 g/mol. The molecule has 3 heteroatoms. The molecule has 1 N–H and O–H groups in total. The van der Waals surface area contributed by atoms with Gasteiger partial charge in [-0.15, -0.1) is 0 Å². The maximum absolute atomic E-state index is 5.74. The molecule has 0 bridgehead atoms. The molecule has 3 nitrogen and oxygen atoms in total. The van der Waals surface area contributed by atoms with E-state index in [0.717, 1.165) is 32.8 Å². The number of piperazine rings is 1. The van der Waals surface area contributed by atoms with Gasteiger partial charge in [0.1, 0.15) is 0 Å². The fraction of sp³-hybridized carbons (Fsp3) is 1.00. The monoisotopic (exact) mass is 256 g/mol. The number of nitrogens with zero attached hydrogens (tertiary/aromatic N) is 1. The van der Waals surface area contributed by atoms with Gasteiger partial charge >= 0.3 is 0 Å². The Labute approximate surface area is 113 Å². The molecular formula is C15H32N2O. The Morgan fingerprint density at radius 1 is 1.28 bits per heavy atom. The highest BCUT2D eigenvalue weighted by molar-refractivity contribution is 4.99. The maximum atomic E-state index is 5.74. The van der Waals surface area contributed by atoms with Gasteiger partial charge in [0, 0.05) is 37.3 Å². The summed E-state index contributed by atoms with van der Waals surface area (Å²) in [7, 11) is 0. The standard InChI is InChI=1S/C15H32N2O/c1-7-15(6)11-16-14(4,5)12-17(15)8-9-18-10-13(2)3/h13,16H,7-12H2,1-6H3. The highest BCUT2D eigenvalue weighted by atomic mass is 16.5. The summed E-state index contributed by atoms with van der Waals surface area (Å²) in [4.78, 5) is 2.60. The van der Waals surface area contributed by atoms with E-state index in [4.69, 9.17) is 4.74 Å². The maximum Gasteiger partial charge on any atom is 0.0593 e. The van der Waals surface area contributed by atoms with Gasteiger partial charge in [-0.2, -0.15) is 0 Å². The van der Waals surface area contributed by atoms with Crippen LogP contribution in [0.5, 0.6) is 0 Å². The molecule has 0 radical (unpaired) electrons. The zero-order chi connectivity index (χ0) is 13.8. The minimum Gasteiger partial charge on any atom is -0.380 e. The zero-order valence-electron chi connectivity index (χ0n) is 13.2. The summed E-state index contributed by atoms with van der Waals surface area (Å²) in [6.07, 6.45) is 1.18. The summed E-state index contributed by atoms with van der Waals surface area (Å²) < 4.78 is 5.74. The topological polar surface area (TPSA) is 24.5 Å². The molecule has 1 heterocycles. The normalized spacial score (nSPS) is 28.8. The Kier molecular flexibility index (Phi) is 5.63. The second kappa shape index (κ2) is 6.36. The van der Waals surface area contributed by atoms with Crippen molar-refractivity contribution in [1.82, 2.24) is 10.2 Å². The first-order chi connectivity index (χ1) is 8.29. The summed E-state index contributed by atoms with van der Waals surface area (Å²) in [5, 5.41) is 3.66. The van der Waals surface area contributed by atoms with Crippen LogP contribution in [0.1, 0.15) is 48.0 Å². The molecule has 0 aromatic heterocycles. The molecule has 1 saturated heterocycles. The van der Waals surface area contributed by atoms with E-state index in [1.54, 1.807) is 0 Å². The molecule has 1 atom stereocenters. The molecule has 1 rings (SSSR count). The van der Waals surface area contributed by atoms with Crippen LogP contribution in [0.2, 0.25) is 0 Å². The Morgan fingerprint density at radius 3 is 2.50 bits per heavy atom. The first-order valence-corrected chi connectivity index (χ1v) is 7.37. The number of nitrogens with one attached hydrogen (secondary N) is 1. The van der Waals surface area contributed by atoms with Crippen molar-refractivity contribution >= 4 is 0 Å². The van der Waals surface area contributed by atoms with E-state index in [0.29, 0.717) is 5.92 Å². The lowest BCUT2D eigenvalue weighted by Gasteiger charge is -2.51. The van der Waals surface area contributed by atoms with Crippen LogP contribution in [0.4, 0.5) is 0 Å². The van der Waals surface area contributed by atoms with Gasteiger partial charge in [-0.25, -0.2) is 0 Å². The van der Waals surface area contributed by atoms with Crippen LogP contribution in [0.15, 0.2) is 0 Å². The van der Waals surface area contributed by atoms with Crippen LogP contribution in [0.25, 0.3) is 0 Å². The summed E-state index contributed by atoms with van der Waals surface area (Å²) in [6.45, 7) is 18.5. The Balaban J connectivity index is 2.47. The first-order valence-electron chi connectivity index (χ1n) is 7.37. The minimum absolute atomic E-state index is 0.215. The SMILES string of the molecule is CCC1(C)CNC(C)(C)CN1CCOCC(C)C. The predicted molar refractivity (Wildman–Crippen MR) is 78.0 cm³/mol. The molecule has 0 amide bonds. The van der Waals surface area contributed by atoms with Crippen LogP contribution in [-0.2, 0) is 4.74 Å². The van der Waals surface area contributed by atoms with E-state index >= 15 is 0 Å². The number of hydrogen-bond donors (Lipinski definition) is 1. The predicted octanol–water partition coefficient (Wildman–Crippen LogP) is 2.51.